The minimum absolute atomic E-state index is 0.210. The monoisotopic (exact) mass is 442 g/mol. The van der Waals surface area contributed by atoms with E-state index in [0.29, 0.717) is 38.6 Å². The van der Waals surface area contributed by atoms with Crippen LogP contribution in [0.4, 0.5) is 0 Å². The molecule has 2 aromatic carbocycles. The number of ether oxygens (including phenoxy) is 3. The van der Waals surface area contributed by atoms with Gasteiger partial charge in [-0.05, 0) is 29.8 Å². The van der Waals surface area contributed by atoms with Crippen molar-refractivity contribution in [1.29, 1.82) is 0 Å². The molecule has 0 radical (unpaired) electrons. The number of benzene rings is 2. The van der Waals surface area contributed by atoms with Crippen LogP contribution in [0.1, 0.15) is 11.1 Å². The van der Waals surface area contributed by atoms with Crippen LogP contribution in [-0.2, 0) is 10.5 Å². The van der Waals surface area contributed by atoms with Gasteiger partial charge in [0.05, 0.1) is 33.3 Å². The largest absolute Gasteiger partial charge is 0.493 e. The molecule has 0 aromatic heterocycles. The van der Waals surface area contributed by atoms with Crippen molar-refractivity contribution in [1.82, 2.24) is 5.43 Å². The Hall–Kier alpha value is -2.09. The van der Waals surface area contributed by atoms with Crippen molar-refractivity contribution < 1.29 is 19.0 Å². The van der Waals surface area contributed by atoms with E-state index >= 15 is 0 Å². The second-order valence-electron chi connectivity index (χ2n) is 5.41. The van der Waals surface area contributed by atoms with E-state index < -0.39 is 0 Å². The molecule has 0 atom stereocenters. The molecule has 6 nitrogen and oxygen atoms in total. The molecule has 0 spiro atoms. The highest BCUT2D eigenvalue weighted by Gasteiger charge is 2.14. The molecule has 150 valence electrons. The molecule has 9 heteroatoms. The van der Waals surface area contributed by atoms with E-state index in [1.54, 1.807) is 37.4 Å². The fraction of sp³-hybridized carbons (Fsp3) is 0.263. The molecule has 0 aliphatic carbocycles. The molecule has 1 N–H and O–H groups in total. The summed E-state index contributed by atoms with van der Waals surface area (Å²) < 4.78 is 15.9. The maximum absolute atomic E-state index is 12.0. The summed E-state index contributed by atoms with van der Waals surface area (Å²) in [5.74, 6) is 1.94. The first-order valence-corrected chi connectivity index (χ1v) is 10.0. The quantitative estimate of drug-likeness (QED) is 0.460. The van der Waals surface area contributed by atoms with Gasteiger partial charge in [-0.15, -0.1) is 11.8 Å². The Kier molecular flexibility index (Phi) is 8.76. The van der Waals surface area contributed by atoms with E-state index in [-0.39, 0.29) is 11.7 Å². The van der Waals surface area contributed by atoms with E-state index in [1.165, 1.54) is 32.2 Å². The number of methoxy groups -OCH3 is 3. The number of hydrogen-bond donors (Lipinski definition) is 1. The first-order chi connectivity index (χ1) is 13.5. The SMILES string of the molecule is COc1ccc(/C=N\NC(=O)CSCc2c(Cl)cccc2Cl)c(OC)c1OC. The minimum Gasteiger partial charge on any atom is -0.493 e. The minimum atomic E-state index is -0.246. The highest BCUT2D eigenvalue weighted by atomic mass is 35.5. The molecule has 0 aliphatic heterocycles. The lowest BCUT2D eigenvalue weighted by Crippen LogP contribution is -2.19. The van der Waals surface area contributed by atoms with Gasteiger partial charge >= 0.3 is 0 Å². The van der Waals surface area contributed by atoms with Crippen LogP contribution in [0.25, 0.3) is 0 Å². The fourth-order valence-electron chi connectivity index (χ4n) is 2.35. The molecule has 1 amide bonds. The number of rotatable bonds is 9. The van der Waals surface area contributed by atoms with Gasteiger partial charge in [0.2, 0.25) is 11.7 Å². The van der Waals surface area contributed by atoms with Gasteiger partial charge in [-0.1, -0.05) is 29.3 Å². The Morgan fingerprint density at radius 1 is 1.07 bits per heavy atom. The van der Waals surface area contributed by atoms with E-state index in [2.05, 4.69) is 10.5 Å². The van der Waals surface area contributed by atoms with Crippen molar-refractivity contribution in [2.45, 2.75) is 5.75 Å². The van der Waals surface area contributed by atoms with Crippen LogP contribution in [0.2, 0.25) is 10.0 Å². The predicted molar refractivity (Wildman–Crippen MR) is 114 cm³/mol. The van der Waals surface area contributed by atoms with Gasteiger partial charge in [0.25, 0.3) is 0 Å². The molecule has 28 heavy (non-hydrogen) atoms. The normalized spacial score (nSPS) is 10.8. The molecule has 0 fully saturated rings. The van der Waals surface area contributed by atoms with Gasteiger partial charge in [-0.3, -0.25) is 4.79 Å². The highest BCUT2D eigenvalue weighted by molar-refractivity contribution is 7.99. The van der Waals surface area contributed by atoms with Crippen molar-refractivity contribution in [2.75, 3.05) is 27.1 Å². The first kappa shape index (κ1) is 22.2. The smallest absolute Gasteiger partial charge is 0.250 e. The summed E-state index contributed by atoms with van der Waals surface area (Å²) in [5, 5.41) is 5.14. The van der Waals surface area contributed by atoms with E-state index in [4.69, 9.17) is 37.4 Å². The van der Waals surface area contributed by atoms with Crippen LogP contribution in [0, 0.1) is 0 Å². The van der Waals surface area contributed by atoms with E-state index in [1.807, 2.05) is 0 Å². The standard InChI is InChI=1S/C19H20Cl2N2O4S/c1-25-16-8-7-12(18(26-2)19(16)27-3)9-22-23-17(24)11-28-10-13-14(20)5-4-6-15(13)21/h4-9H,10-11H2,1-3H3,(H,23,24)/b22-9-. The molecular weight excluding hydrogens is 423 g/mol. The molecule has 0 aliphatic rings. The van der Waals surface area contributed by atoms with E-state index in [0.717, 1.165) is 5.56 Å². The summed E-state index contributed by atoms with van der Waals surface area (Å²) in [6.45, 7) is 0. The van der Waals surface area contributed by atoms with Crippen LogP contribution in [0.3, 0.4) is 0 Å². The molecule has 2 rings (SSSR count). The summed E-state index contributed by atoms with van der Waals surface area (Å²) in [7, 11) is 4.58. The van der Waals surface area contributed by atoms with Crippen molar-refractivity contribution >= 4 is 47.1 Å². The van der Waals surface area contributed by atoms with Gasteiger partial charge in [-0.2, -0.15) is 5.10 Å². The number of amides is 1. The Labute approximate surface area is 178 Å². The van der Waals surface area contributed by atoms with Crippen molar-refractivity contribution in [3.8, 4) is 17.2 Å². The fourth-order valence-corrected chi connectivity index (χ4v) is 3.90. The zero-order chi connectivity index (χ0) is 20.5. The molecule has 0 saturated heterocycles. The topological polar surface area (TPSA) is 69.2 Å². The number of carbonyl (C=O) groups is 1. The first-order valence-electron chi connectivity index (χ1n) is 8.13. The molecule has 0 bridgehead atoms. The zero-order valence-corrected chi connectivity index (χ0v) is 18.0. The number of hydrogen-bond acceptors (Lipinski definition) is 6. The van der Waals surface area contributed by atoms with Crippen LogP contribution in [0.5, 0.6) is 17.2 Å². The number of nitrogens with zero attached hydrogens (tertiary/aromatic N) is 1. The molecule has 0 unspecified atom stereocenters. The average Bonchev–Trinajstić information content (AvgIpc) is 2.69. The third-order valence-corrected chi connectivity index (χ3v) is 5.34. The predicted octanol–water partition coefficient (Wildman–Crippen LogP) is 4.40. The summed E-state index contributed by atoms with van der Waals surface area (Å²) in [6, 6.07) is 8.80. The average molecular weight is 443 g/mol. The van der Waals surface area contributed by atoms with Gasteiger partial charge in [0.1, 0.15) is 0 Å². The third-order valence-electron chi connectivity index (χ3n) is 3.67. The second kappa shape index (κ2) is 11.0. The number of nitrogens with one attached hydrogen (secondary N) is 1. The highest BCUT2D eigenvalue weighted by Crippen LogP contribution is 2.39. The van der Waals surface area contributed by atoms with Gasteiger partial charge in [-0.25, -0.2) is 5.43 Å². The summed E-state index contributed by atoms with van der Waals surface area (Å²) in [4.78, 5) is 12.0. The van der Waals surface area contributed by atoms with Gasteiger partial charge < -0.3 is 14.2 Å². The molecule has 0 heterocycles. The maximum Gasteiger partial charge on any atom is 0.250 e. The molecular formula is C19H20Cl2N2O4S. The Balaban J connectivity index is 1.93. The Morgan fingerprint density at radius 2 is 1.75 bits per heavy atom. The van der Waals surface area contributed by atoms with Crippen LogP contribution < -0.4 is 19.6 Å². The number of hydrazone groups is 1. The Bertz CT molecular complexity index is 842. The van der Waals surface area contributed by atoms with E-state index in [9.17, 15) is 4.79 Å². The van der Waals surface area contributed by atoms with Crippen LogP contribution >= 0.6 is 35.0 Å². The van der Waals surface area contributed by atoms with Crippen molar-refractivity contribution in [3.63, 3.8) is 0 Å². The lowest BCUT2D eigenvalue weighted by molar-refractivity contribution is -0.118. The summed E-state index contributed by atoms with van der Waals surface area (Å²) in [5.41, 5.74) is 3.92. The molecule has 2 aromatic rings. The van der Waals surface area contributed by atoms with Gasteiger partial charge in [0.15, 0.2) is 11.5 Å². The number of carbonyl (C=O) groups excluding carboxylic acids is 1. The zero-order valence-electron chi connectivity index (χ0n) is 15.6. The third kappa shape index (κ3) is 5.70. The van der Waals surface area contributed by atoms with Crippen LogP contribution in [0.15, 0.2) is 35.4 Å². The summed E-state index contributed by atoms with van der Waals surface area (Å²) >= 11 is 13.6. The lowest BCUT2D eigenvalue weighted by atomic mass is 10.2. The Morgan fingerprint density at radius 3 is 2.36 bits per heavy atom. The second-order valence-corrected chi connectivity index (χ2v) is 7.21. The summed E-state index contributed by atoms with van der Waals surface area (Å²) in [6.07, 6.45) is 1.48. The van der Waals surface area contributed by atoms with Gasteiger partial charge in [0, 0.05) is 21.4 Å². The maximum atomic E-state index is 12.0. The lowest BCUT2D eigenvalue weighted by Gasteiger charge is -2.13. The number of thioether (sulfide) groups is 1. The van der Waals surface area contributed by atoms with Crippen LogP contribution in [-0.4, -0.2) is 39.2 Å². The van der Waals surface area contributed by atoms with Crippen molar-refractivity contribution in [3.05, 3.63) is 51.5 Å². The number of halogens is 2. The molecule has 0 saturated carbocycles. The van der Waals surface area contributed by atoms with Crippen molar-refractivity contribution in [2.24, 2.45) is 5.10 Å².